The van der Waals surface area contributed by atoms with Crippen molar-refractivity contribution in [1.82, 2.24) is 0 Å². The van der Waals surface area contributed by atoms with E-state index in [1.54, 1.807) is 18.2 Å². The third-order valence-electron chi connectivity index (χ3n) is 2.46. The van der Waals surface area contributed by atoms with E-state index < -0.39 is 10.2 Å². The molecule has 0 fully saturated rings. The quantitative estimate of drug-likeness (QED) is 0.612. The Balaban J connectivity index is 2.53. The first-order chi connectivity index (χ1) is 8.41. The summed E-state index contributed by atoms with van der Waals surface area (Å²) in [5.74, 6) is -0.414. The lowest BCUT2D eigenvalue weighted by atomic mass is 10.0. The van der Waals surface area contributed by atoms with E-state index in [4.69, 9.17) is 46.4 Å². The molecule has 0 saturated heterocycles. The Kier molecular flexibility index (Phi) is 4.08. The zero-order valence-electron chi connectivity index (χ0n) is 8.93. The van der Waals surface area contributed by atoms with Crippen LogP contribution < -0.4 is 0 Å². The number of hydrogen-bond acceptors (Lipinski definition) is 0. The fourth-order valence-corrected chi connectivity index (χ4v) is 2.80. The van der Waals surface area contributed by atoms with Crippen LogP contribution in [-0.4, -0.2) is 0 Å². The van der Waals surface area contributed by atoms with Gasteiger partial charge in [-0.25, -0.2) is 4.39 Å². The highest BCUT2D eigenvalue weighted by atomic mass is 35.5. The number of rotatable bonds is 2. The molecule has 2 rings (SSSR count). The average Bonchev–Trinajstić information content (AvgIpc) is 2.28. The number of hydrogen-bond donors (Lipinski definition) is 0. The summed E-state index contributed by atoms with van der Waals surface area (Å²) in [7, 11) is 0. The zero-order valence-corrected chi connectivity index (χ0v) is 12.0. The van der Waals surface area contributed by atoms with Crippen LogP contribution in [0.15, 0.2) is 42.5 Å². The molecule has 5 heteroatoms. The first-order valence-corrected chi connectivity index (χ1v) is 6.52. The van der Waals surface area contributed by atoms with Gasteiger partial charge in [-0.1, -0.05) is 64.6 Å². The first kappa shape index (κ1) is 14.0. The van der Waals surface area contributed by atoms with Gasteiger partial charge in [-0.15, -0.1) is 0 Å². The van der Waals surface area contributed by atoms with Crippen molar-refractivity contribution >= 4 is 46.4 Å². The van der Waals surface area contributed by atoms with Crippen molar-refractivity contribution in [1.29, 1.82) is 0 Å². The summed E-state index contributed by atoms with van der Waals surface area (Å²) in [6, 6.07) is 10.5. The van der Waals surface area contributed by atoms with Crippen molar-refractivity contribution < 1.29 is 4.39 Å². The predicted molar refractivity (Wildman–Crippen MR) is 75.3 cm³/mol. The number of alkyl halides is 2. The van der Waals surface area contributed by atoms with Crippen LogP contribution in [0.4, 0.5) is 4.39 Å². The molecule has 0 aliphatic heterocycles. The molecule has 0 saturated carbocycles. The summed E-state index contributed by atoms with van der Waals surface area (Å²) >= 11 is 24.4. The van der Waals surface area contributed by atoms with Crippen LogP contribution in [-0.2, 0) is 4.33 Å². The van der Waals surface area contributed by atoms with E-state index in [0.29, 0.717) is 21.2 Å². The van der Waals surface area contributed by atoms with E-state index in [2.05, 4.69) is 0 Å². The van der Waals surface area contributed by atoms with Gasteiger partial charge < -0.3 is 0 Å². The molecule has 0 nitrogen and oxygen atoms in total. The largest absolute Gasteiger partial charge is 0.207 e. The van der Waals surface area contributed by atoms with E-state index in [1.165, 1.54) is 24.3 Å². The lowest BCUT2D eigenvalue weighted by Gasteiger charge is -2.22. The summed E-state index contributed by atoms with van der Waals surface area (Å²) < 4.78 is 11.8. The van der Waals surface area contributed by atoms with E-state index in [9.17, 15) is 4.39 Å². The Bertz CT molecular complexity index is 581. The predicted octanol–water partition coefficient (Wildman–Crippen LogP) is 5.81. The smallest absolute Gasteiger partial charge is 0.169 e. The van der Waals surface area contributed by atoms with Gasteiger partial charge >= 0.3 is 0 Å². The molecule has 18 heavy (non-hydrogen) atoms. The molecule has 0 N–H and O–H groups in total. The Morgan fingerprint density at radius 3 is 2.28 bits per heavy atom. The van der Waals surface area contributed by atoms with Gasteiger partial charge in [0.1, 0.15) is 5.82 Å². The maximum Gasteiger partial charge on any atom is 0.169 e. The monoisotopic (exact) mass is 322 g/mol. The van der Waals surface area contributed by atoms with Crippen molar-refractivity contribution in [3.05, 3.63) is 69.5 Å². The maximum atomic E-state index is 13.2. The highest BCUT2D eigenvalue weighted by Gasteiger charge is 2.31. The molecule has 0 bridgehead atoms. The van der Waals surface area contributed by atoms with Gasteiger partial charge in [-0.3, -0.25) is 0 Å². The maximum absolute atomic E-state index is 13.2. The average molecular weight is 324 g/mol. The van der Waals surface area contributed by atoms with Crippen molar-refractivity contribution in [2.24, 2.45) is 0 Å². The Labute approximate surface area is 124 Å². The van der Waals surface area contributed by atoms with E-state index in [1.807, 2.05) is 0 Å². The fourth-order valence-electron chi connectivity index (χ4n) is 1.58. The Hall–Kier alpha value is -0.470. The van der Waals surface area contributed by atoms with Gasteiger partial charge in [0.25, 0.3) is 0 Å². The summed E-state index contributed by atoms with van der Waals surface area (Å²) in [4.78, 5) is 0. The Morgan fingerprint density at radius 2 is 1.67 bits per heavy atom. The van der Waals surface area contributed by atoms with Gasteiger partial charge in [0.2, 0.25) is 0 Å². The molecule has 2 aromatic carbocycles. The van der Waals surface area contributed by atoms with Crippen molar-refractivity contribution in [3.8, 4) is 0 Å². The zero-order chi connectivity index (χ0) is 13.3. The van der Waals surface area contributed by atoms with Gasteiger partial charge in [0.15, 0.2) is 4.33 Å². The normalized spacial score (nSPS) is 11.6. The molecular weight excluding hydrogens is 317 g/mol. The second kappa shape index (κ2) is 5.26. The van der Waals surface area contributed by atoms with E-state index in [0.717, 1.165) is 0 Å². The topological polar surface area (TPSA) is 0 Å². The minimum absolute atomic E-state index is 0.330. The fraction of sp³-hybridized carbons (Fsp3) is 0.0769. The molecule has 0 radical (unpaired) electrons. The standard InChI is InChI=1S/C13H7Cl4F/c14-9-4-5-11(12(15)7-9)13(16,17)8-2-1-3-10(18)6-8/h1-7H. The van der Waals surface area contributed by atoms with Gasteiger partial charge in [-0.2, -0.15) is 0 Å². The SMILES string of the molecule is Fc1cccc(C(Cl)(Cl)c2ccc(Cl)cc2Cl)c1. The summed E-state index contributed by atoms with van der Waals surface area (Å²) in [5.41, 5.74) is 0.873. The van der Waals surface area contributed by atoms with E-state index in [-0.39, 0.29) is 0 Å². The minimum Gasteiger partial charge on any atom is -0.207 e. The van der Waals surface area contributed by atoms with Crippen molar-refractivity contribution in [2.45, 2.75) is 4.33 Å². The molecule has 0 aromatic heterocycles. The van der Waals surface area contributed by atoms with Crippen molar-refractivity contribution in [3.63, 3.8) is 0 Å². The first-order valence-electron chi connectivity index (χ1n) is 5.00. The molecule has 2 aromatic rings. The van der Waals surface area contributed by atoms with E-state index >= 15 is 0 Å². The lowest BCUT2D eigenvalue weighted by molar-refractivity contribution is 0.625. The molecule has 0 heterocycles. The molecule has 94 valence electrons. The van der Waals surface area contributed by atoms with Crippen molar-refractivity contribution in [2.75, 3.05) is 0 Å². The minimum atomic E-state index is -1.43. The van der Waals surface area contributed by atoms with Crippen LogP contribution in [0, 0.1) is 5.82 Å². The molecule has 0 unspecified atom stereocenters. The summed E-state index contributed by atoms with van der Waals surface area (Å²) in [6.07, 6.45) is 0. The number of benzene rings is 2. The van der Waals surface area contributed by atoms with Gasteiger partial charge in [0, 0.05) is 15.6 Å². The molecule has 0 aliphatic carbocycles. The van der Waals surface area contributed by atoms with Crippen LogP contribution in [0.5, 0.6) is 0 Å². The van der Waals surface area contributed by atoms with Crippen LogP contribution in [0.25, 0.3) is 0 Å². The molecule has 0 amide bonds. The second-order valence-corrected chi connectivity index (χ2v) is 5.88. The number of halogens is 5. The van der Waals surface area contributed by atoms with Crippen LogP contribution >= 0.6 is 46.4 Å². The molecule has 0 spiro atoms. The highest BCUT2D eigenvalue weighted by Crippen LogP contribution is 2.44. The third-order valence-corrected chi connectivity index (χ3v) is 3.85. The Morgan fingerprint density at radius 1 is 0.944 bits per heavy atom. The summed E-state index contributed by atoms with van der Waals surface area (Å²) in [5, 5.41) is 0.809. The molecular formula is C13H7Cl4F. The van der Waals surface area contributed by atoms with Gasteiger partial charge in [0.05, 0.1) is 0 Å². The van der Waals surface area contributed by atoms with Crippen LogP contribution in [0.1, 0.15) is 11.1 Å². The van der Waals surface area contributed by atoms with Crippen LogP contribution in [0.2, 0.25) is 10.0 Å². The molecule has 0 aliphatic rings. The lowest BCUT2D eigenvalue weighted by Crippen LogP contribution is -2.13. The van der Waals surface area contributed by atoms with Crippen LogP contribution in [0.3, 0.4) is 0 Å². The third kappa shape index (κ3) is 2.75. The van der Waals surface area contributed by atoms with Gasteiger partial charge in [-0.05, 0) is 29.8 Å². The molecule has 0 atom stereocenters. The highest BCUT2D eigenvalue weighted by molar-refractivity contribution is 6.51. The summed E-state index contributed by atoms with van der Waals surface area (Å²) in [6.45, 7) is 0. The second-order valence-electron chi connectivity index (χ2n) is 3.71.